The summed E-state index contributed by atoms with van der Waals surface area (Å²) in [7, 11) is 1.31. The van der Waals surface area contributed by atoms with Gasteiger partial charge < -0.3 is 9.84 Å². The molecule has 118 valence electrons. The Balaban J connectivity index is 0.000000567. The van der Waals surface area contributed by atoms with Crippen LogP contribution in [-0.2, 0) is 20.4 Å². The number of hydrogen-bond acceptors (Lipinski definition) is 3. The van der Waals surface area contributed by atoms with Crippen LogP contribution in [0.3, 0.4) is 0 Å². The fraction of sp³-hybridized carbons (Fsp3) is 0.500. The Morgan fingerprint density at radius 1 is 1.10 bits per heavy atom. The third-order valence-electron chi connectivity index (χ3n) is 3.02. The van der Waals surface area contributed by atoms with Crippen molar-refractivity contribution in [3.05, 3.63) is 42.0 Å². The van der Waals surface area contributed by atoms with Gasteiger partial charge >= 0.3 is 5.97 Å². The van der Waals surface area contributed by atoms with E-state index in [9.17, 15) is 9.90 Å². The van der Waals surface area contributed by atoms with Crippen LogP contribution in [0.5, 0.6) is 5.75 Å². The Labute approximate surface area is 128 Å². The zero-order chi connectivity index (χ0) is 16.8. The molecule has 0 unspecified atom stereocenters. The standard InChI is InChI=1S/C14H22O.C4H6O2/c1-13(2,3)10-8-7-9-11(12(10)15)14(4,5)6;1-3-4(5)6-2/h7-9,15H,1-6H3;3H,1H2,2H3. The zero-order valence-corrected chi connectivity index (χ0v) is 14.3. The second-order valence-corrected chi connectivity index (χ2v) is 6.93. The molecule has 0 atom stereocenters. The summed E-state index contributed by atoms with van der Waals surface area (Å²) in [6.07, 6.45) is 1.11. The highest BCUT2D eigenvalue weighted by atomic mass is 16.5. The number of rotatable bonds is 1. The Kier molecular flexibility index (Phi) is 6.68. The third-order valence-corrected chi connectivity index (χ3v) is 3.02. The lowest BCUT2D eigenvalue weighted by molar-refractivity contribution is -0.134. The molecule has 21 heavy (non-hydrogen) atoms. The number of methoxy groups -OCH3 is 1. The topological polar surface area (TPSA) is 46.5 Å². The summed E-state index contributed by atoms with van der Waals surface area (Å²) >= 11 is 0. The van der Waals surface area contributed by atoms with Gasteiger partial charge in [0.2, 0.25) is 0 Å². The fourth-order valence-corrected chi connectivity index (χ4v) is 1.84. The van der Waals surface area contributed by atoms with Gasteiger partial charge in [-0.1, -0.05) is 66.3 Å². The van der Waals surface area contributed by atoms with Crippen LogP contribution in [0.15, 0.2) is 30.9 Å². The van der Waals surface area contributed by atoms with Crippen molar-refractivity contribution in [3.8, 4) is 5.75 Å². The first kappa shape index (κ1) is 19.2. The van der Waals surface area contributed by atoms with Crippen LogP contribution < -0.4 is 0 Å². The first-order valence-corrected chi connectivity index (χ1v) is 6.98. The van der Waals surface area contributed by atoms with Gasteiger partial charge in [-0.3, -0.25) is 0 Å². The van der Waals surface area contributed by atoms with Crippen molar-refractivity contribution in [3.63, 3.8) is 0 Å². The van der Waals surface area contributed by atoms with Crippen LogP contribution >= 0.6 is 0 Å². The molecule has 0 saturated heterocycles. The van der Waals surface area contributed by atoms with E-state index in [1.165, 1.54) is 7.11 Å². The summed E-state index contributed by atoms with van der Waals surface area (Å²) < 4.78 is 4.14. The molecule has 3 nitrogen and oxygen atoms in total. The summed E-state index contributed by atoms with van der Waals surface area (Å²) in [6, 6.07) is 6.04. The van der Waals surface area contributed by atoms with Crippen LogP contribution in [0.4, 0.5) is 0 Å². The molecule has 0 fully saturated rings. The number of esters is 1. The molecule has 3 heteroatoms. The van der Waals surface area contributed by atoms with E-state index in [4.69, 9.17) is 0 Å². The van der Waals surface area contributed by atoms with E-state index in [1.54, 1.807) is 0 Å². The number of carbonyl (C=O) groups is 1. The monoisotopic (exact) mass is 292 g/mol. The molecule has 0 heterocycles. The van der Waals surface area contributed by atoms with Crippen LogP contribution in [0.2, 0.25) is 0 Å². The van der Waals surface area contributed by atoms with Gasteiger partial charge in [0.05, 0.1) is 7.11 Å². The Morgan fingerprint density at radius 3 is 1.67 bits per heavy atom. The number of hydrogen-bond donors (Lipinski definition) is 1. The van der Waals surface area contributed by atoms with Crippen LogP contribution in [0.25, 0.3) is 0 Å². The van der Waals surface area contributed by atoms with E-state index >= 15 is 0 Å². The lowest BCUT2D eigenvalue weighted by Gasteiger charge is -2.26. The summed E-state index contributed by atoms with van der Waals surface area (Å²) in [5.41, 5.74) is 2.03. The molecule has 1 rings (SSSR count). The van der Waals surface area contributed by atoms with Gasteiger partial charge in [-0.15, -0.1) is 0 Å². The molecule has 0 radical (unpaired) electrons. The maximum atomic E-state index is 10.3. The largest absolute Gasteiger partial charge is 0.507 e. The predicted octanol–water partition coefficient (Wildman–Crippen LogP) is 4.33. The molecule has 0 spiro atoms. The lowest BCUT2D eigenvalue weighted by atomic mass is 9.80. The van der Waals surface area contributed by atoms with E-state index < -0.39 is 5.97 Å². The summed E-state index contributed by atoms with van der Waals surface area (Å²) in [5.74, 6) is 0.0625. The van der Waals surface area contributed by atoms with E-state index in [0.29, 0.717) is 5.75 Å². The van der Waals surface area contributed by atoms with Gasteiger partial charge in [0.15, 0.2) is 0 Å². The second-order valence-electron chi connectivity index (χ2n) is 6.93. The Bertz CT molecular complexity index is 456. The molecule has 1 N–H and O–H groups in total. The number of para-hydroxylation sites is 1. The SMILES string of the molecule is C=CC(=O)OC.CC(C)(C)c1cccc(C(C)(C)C)c1O. The van der Waals surface area contributed by atoms with Crippen molar-refractivity contribution >= 4 is 5.97 Å². The fourth-order valence-electron chi connectivity index (χ4n) is 1.84. The van der Waals surface area contributed by atoms with Gasteiger partial charge in [0.25, 0.3) is 0 Å². The zero-order valence-electron chi connectivity index (χ0n) is 14.3. The molecule has 0 saturated carbocycles. The van der Waals surface area contributed by atoms with E-state index in [0.717, 1.165) is 17.2 Å². The summed E-state index contributed by atoms with van der Waals surface area (Å²) in [5, 5.41) is 10.3. The van der Waals surface area contributed by atoms with Crippen molar-refractivity contribution in [2.45, 2.75) is 52.4 Å². The lowest BCUT2D eigenvalue weighted by Crippen LogP contribution is -2.16. The van der Waals surface area contributed by atoms with Gasteiger partial charge in [-0.25, -0.2) is 4.79 Å². The highest BCUT2D eigenvalue weighted by Gasteiger charge is 2.24. The van der Waals surface area contributed by atoms with Gasteiger partial charge in [-0.05, 0) is 22.0 Å². The van der Waals surface area contributed by atoms with Crippen LogP contribution in [-0.4, -0.2) is 18.2 Å². The second kappa shape index (κ2) is 7.30. The highest BCUT2D eigenvalue weighted by molar-refractivity contribution is 5.80. The molecule has 0 aliphatic rings. The quantitative estimate of drug-likeness (QED) is 0.619. The third kappa shape index (κ3) is 6.03. The first-order valence-electron chi connectivity index (χ1n) is 6.98. The maximum absolute atomic E-state index is 10.3. The summed E-state index contributed by atoms with van der Waals surface area (Å²) in [6.45, 7) is 15.9. The van der Waals surface area contributed by atoms with Crippen LogP contribution in [0, 0.1) is 0 Å². The van der Waals surface area contributed by atoms with Crippen molar-refractivity contribution in [2.24, 2.45) is 0 Å². The molecule has 1 aromatic carbocycles. The van der Waals surface area contributed by atoms with Crippen LogP contribution in [0.1, 0.15) is 52.7 Å². The van der Waals surface area contributed by atoms with Crippen molar-refractivity contribution in [1.29, 1.82) is 0 Å². The van der Waals surface area contributed by atoms with E-state index in [-0.39, 0.29) is 10.8 Å². The van der Waals surface area contributed by atoms with E-state index in [2.05, 4.69) is 52.9 Å². The average Bonchev–Trinajstić information content (AvgIpc) is 2.36. The van der Waals surface area contributed by atoms with E-state index in [1.807, 2.05) is 18.2 Å². The minimum atomic E-state index is -0.394. The Morgan fingerprint density at radius 2 is 1.48 bits per heavy atom. The number of carbonyl (C=O) groups excluding carboxylic acids is 1. The molecule has 0 aliphatic heterocycles. The first-order chi connectivity index (χ1) is 9.45. The van der Waals surface area contributed by atoms with Crippen molar-refractivity contribution < 1.29 is 14.6 Å². The molecular weight excluding hydrogens is 264 g/mol. The minimum absolute atomic E-state index is 0.00859. The summed E-state index contributed by atoms with van der Waals surface area (Å²) in [4.78, 5) is 9.84. The molecule has 1 aromatic rings. The molecular formula is C18H28O3. The smallest absolute Gasteiger partial charge is 0.329 e. The highest BCUT2D eigenvalue weighted by Crippen LogP contribution is 2.38. The van der Waals surface area contributed by atoms with Gasteiger partial charge in [0, 0.05) is 6.08 Å². The number of phenols is 1. The predicted molar refractivity (Wildman–Crippen MR) is 87.7 cm³/mol. The maximum Gasteiger partial charge on any atom is 0.329 e. The van der Waals surface area contributed by atoms with Gasteiger partial charge in [0.1, 0.15) is 5.75 Å². The molecule has 0 aromatic heterocycles. The molecule has 0 bridgehead atoms. The number of phenolic OH excluding ortho intramolecular Hbond substituents is 1. The van der Waals surface area contributed by atoms with Crippen molar-refractivity contribution in [1.82, 2.24) is 0 Å². The number of ether oxygens (including phenoxy) is 1. The van der Waals surface area contributed by atoms with Gasteiger partial charge in [-0.2, -0.15) is 0 Å². The Hall–Kier alpha value is -1.77. The number of aromatic hydroxyl groups is 1. The number of benzene rings is 1. The normalized spacial score (nSPS) is 11.2. The average molecular weight is 292 g/mol. The molecule has 0 amide bonds. The van der Waals surface area contributed by atoms with Crippen molar-refractivity contribution in [2.75, 3.05) is 7.11 Å². The minimum Gasteiger partial charge on any atom is -0.507 e. The molecule has 0 aliphatic carbocycles.